The molecule has 1 aromatic carbocycles. The Bertz CT molecular complexity index is 1220. The van der Waals surface area contributed by atoms with Crippen molar-refractivity contribution < 1.29 is 18.7 Å². The number of pyridine rings is 1. The molecule has 0 aliphatic heterocycles. The van der Waals surface area contributed by atoms with Crippen molar-refractivity contribution in [2.24, 2.45) is 29.6 Å². The maximum absolute atomic E-state index is 13.7. The summed E-state index contributed by atoms with van der Waals surface area (Å²) in [7, 11) is 0. The highest BCUT2D eigenvalue weighted by Gasteiger charge is 2.61. The minimum Gasteiger partial charge on any atom is -0.490 e. The lowest BCUT2D eigenvalue weighted by molar-refractivity contribution is -0.128. The van der Waals surface area contributed by atoms with Crippen molar-refractivity contribution in [3.05, 3.63) is 36.3 Å². The van der Waals surface area contributed by atoms with Gasteiger partial charge in [0.05, 0.1) is 17.7 Å². The van der Waals surface area contributed by atoms with Crippen LogP contribution in [-0.4, -0.2) is 34.5 Å². The van der Waals surface area contributed by atoms with Crippen LogP contribution in [0.4, 0.5) is 4.39 Å². The van der Waals surface area contributed by atoms with E-state index >= 15 is 0 Å². The van der Waals surface area contributed by atoms with E-state index < -0.39 is 0 Å². The van der Waals surface area contributed by atoms with Gasteiger partial charge in [-0.05, 0) is 80.0 Å². The molecule has 7 rings (SSSR count). The number of nitrogens with zero attached hydrogens (tertiary/aromatic N) is 2. The molecule has 1 unspecified atom stereocenters. The molecule has 5 aliphatic carbocycles. The van der Waals surface area contributed by atoms with Crippen LogP contribution in [-0.2, 0) is 9.59 Å². The van der Waals surface area contributed by atoms with E-state index in [1.165, 1.54) is 12.1 Å². The maximum Gasteiger partial charge on any atom is 0.234 e. The number of amides is 2. The second kappa shape index (κ2) is 8.18. The predicted octanol–water partition coefficient (Wildman–Crippen LogP) is 3.48. The molecule has 7 nitrogen and oxygen atoms in total. The summed E-state index contributed by atoms with van der Waals surface area (Å²) in [6.45, 7) is 2.03. The third-order valence-electron chi connectivity index (χ3n) is 8.88. The van der Waals surface area contributed by atoms with Gasteiger partial charge in [0.25, 0.3) is 0 Å². The first-order chi connectivity index (χ1) is 16.9. The van der Waals surface area contributed by atoms with Crippen LogP contribution in [0.2, 0.25) is 0 Å². The molecule has 0 spiro atoms. The largest absolute Gasteiger partial charge is 0.490 e. The van der Waals surface area contributed by atoms with Crippen LogP contribution in [0.3, 0.4) is 0 Å². The van der Waals surface area contributed by atoms with Crippen LogP contribution in [0, 0.1) is 46.7 Å². The molecule has 5 aliphatic rings. The third-order valence-corrected chi connectivity index (χ3v) is 8.88. The highest BCUT2D eigenvalue weighted by atomic mass is 19.1. The van der Waals surface area contributed by atoms with Gasteiger partial charge in [0, 0.05) is 29.1 Å². The van der Waals surface area contributed by atoms with Gasteiger partial charge in [-0.15, -0.1) is 0 Å². The fraction of sp³-hybridized carbons (Fsp3) is 0.556. The minimum absolute atomic E-state index is 0.0533. The molecule has 2 bridgehead atoms. The van der Waals surface area contributed by atoms with Crippen molar-refractivity contribution in [3.8, 4) is 11.8 Å². The number of hydrogen-bond acceptors (Lipinski definition) is 5. The second-order valence-electron chi connectivity index (χ2n) is 11.0. The van der Waals surface area contributed by atoms with Gasteiger partial charge < -0.3 is 15.4 Å². The second-order valence-corrected chi connectivity index (χ2v) is 11.0. The van der Waals surface area contributed by atoms with E-state index in [1.54, 1.807) is 18.3 Å². The molecule has 2 aromatic rings. The highest BCUT2D eigenvalue weighted by Crippen LogP contribution is 2.61. The average Bonchev–Trinajstić information content (AvgIpc) is 3.07. The average molecular weight is 477 g/mol. The van der Waals surface area contributed by atoms with Crippen LogP contribution >= 0.6 is 0 Å². The lowest BCUT2D eigenvalue weighted by atomic mass is 9.76. The van der Waals surface area contributed by atoms with Gasteiger partial charge in [0.15, 0.2) is 0 Å². The van der Waals surface area contributed by atoms with E-state index in [1.807, 2.05) is 13.0 Å². The summed E-state index contributed by atoms with van der Waals surface area (Å²) in [6.07, 6.45) is 6.01. The smallest absolute Gasteiger partial charge is 0.234 e. The Balaban J connectivity index is 1.01. The SMILES string of the molecule is CC(C(=O)NC12CC(C1)[C@@H](NC(=O)CC#N)C2)[C@H]1[C@@H]2C[C@@H](Oc3ccnc4ccc(F)cc34)C[C@@H]21. The van der Waals surface area contributed by atoms with E-state index in [-0.39, 0.29) is 47.7 Å². The van der Waals surface area contributed by atoms with Crippen LogP contribution in [0.5, 0.6) is 5.75 Å². The molecule has 5 fully saturated rings. The molecule has 2 amide bonds. The summed E-state index contributed by atoms with van der Waals surface area (Å²) < 4.78 is 20.0. The van der Waals surface area contributed by atoms with Gasteiger partial charge >= 0.3 is 0 Å². The molecule has 1 heterocycles. The number of carbonyl (C=O) groups excluding carboxylic acids is 2. The molecule has 2 N–H and O–H groups in total. The standard InChI is InChI=1S/C27H29FN4O3/c1-14(26(34)32-27-11-15(12-27)22(13-27)31-24(33)4-6-29)25-18-9-17(10-19(18)25)35-23-5-7-30-21-3-2-16(28)8-20(21)23/h2-3,5,7-8,14-15,17-19,22,25H,4,9-13H2,1H3,(H,31,33)(H,32,34)/t14?,15?,17-,18-,19+,22-,25+,27?/m0/s1. The number of halogens is 1. The van der Waals surface area contributed by atoms with Crippen molar-refractivity contribution in [1.29, 1.82) is 5.26 Å². The quantitative estimate of drug-likeness (QED) is 0.637. The van der Waals surface area contributed by atoms with Gasteiger partial charge in [-0.2, -0.15) is 5.26 Å². The Morgan fingerprint density at radius 3 is 2.77 bits per heavy atom. The Morgan fingerprint density at radius 1 is 1.26 bits per heavy atom. The molecule has 0 radical (unpaired) electrons. The number of nitrogens with one attached hydrogen (secondary N) is 2. The van der Waals surface area contributed by atoms with Crippen LogP contribution in [0.15, 0.2) is 30.5 Å². The fourth-order valence-corrected chi connectivity index (χ4v) is 7.24. The summed E-state index contributed by atoms with van der Waals surface area (Å²) in [4.78, 5) is 29.2. The normalized spacial score (nSPS) is 34.9. The maximum atomic E-state index is 13.7. The zero-order valence-corrected chi connectivity index (χ0v) is 19.7. The van der Waals surface area contributed by atoms with Crippen LogP contribution in [0.1, 0.15) is 45.4 Å². The number of aromatic nitrogens is 1. The summed E-state index contributed by atoms with van der Waals surface area (Å²) in [6, 6.07) is 8.27. The van der Waals surface area contributed by atoms with Crippen molar-refractivity contribution in [3.63, 3.8) is 0 Å². The van der Waals surface area contributed by atoms with E-state index in [0.717, 1.165) is 32.1 Å². The topological polar surface area (TPSA) is 104 Å². The van der Waals surface area contributed by atoms with Crippen LogP contribution in [0.25, 0.3) is 10.9 Å². The van der Waals surface area contributed by atoms with Crippen LogP contribution < -0.4 is 15.4 Å². The van der Waals surface area contributed by atoms with Gasteiger partial charge in [-0.25, -0.2) is 4.39 Å². The van der Waals surface area contributed by atoms with E-state index in [0.29, 0.717) is 40.3 Å². The zero-order valence-electron chi connectivity index (χ0n) is 19.7. The molecule has 0 saturated heterocycles. The number of hydrogen-bond donors (Lipinski definition) is 2. The summed E-state index contributed by atoms with van der Waals surface area (Å²) in [5, 5.41) is 15.7. The molecule has 1 aromatic heterocycles. The first-order valence-corrected chi connectivity index (χ1v) is 12.5. The number of nitriles is 1. The first kappa shape index (κ1) is 22.3. The number of fused-ring (bicyclic) bond motifs is 3. The number of rotatable bonds is 7. The molecule has 5 saturated carbocycles. The summed E-state index contributed by atoms with van der Waals surface area (Å²) in [5.74, 6) is 1.93. The lowest BCUT2D eigenvalue weighted by Gasteiger charge is -2.40. The van der Waals surface area contributed by atoms with Gasteiger partial charge in [0.2, 0.25) is 11.8 Å². The van der Waals surface area contributed by atoms with E-state index in [2.05, 4.69) is 15.6 Å². The monoisotopic (exact) mass is 476 g/mol. The van der Waals surface area contributed by atoms with Crippen molar-refractivity contribution >= 4 is 22.7 Å². The van der Waals surface area contributed by atoms with E-state index in [4.69, 9.17) is 10.00 Å². The Kier molecular flexibility index (Phi) is 5.21. The fourth-order valence-electron chi connectivity index (χ4n) is 7.24. The number of ether oxygens (including phenoxy) is 1. The lowest BCUT2D eigenvalue weighted by Crippen LogP contribution is -2.53. The van der Waals surface area contributed by atoms with E-state index in [9.17, 15) is 14.0 Å². The molecule has 182 valence electrons. The molecule has 35 heavy (non-hydrogen) atoms. The number of benzene rings is 1. The molecular formula is C27H29FN4O3. The minimum atomic E-state index is -0.306. The van der Waals surface area contributed by atoms with Crippen molar-refractivity contribution in [2.45, 2.75) is 63.1 Å². The third kappa shape index (κ3) is 3.91. The highest BCUT2D eigenvalue weighted by molar-refractivity contribution is 5.85. The predicted molar refractivity (Wildman–Crippen MR) is 125 cm³/mol. The van der Waals surface area contributed by atoms with Crippen molar-refractivity contribution in [2.75, 3.05) is 0 Å². The Labute approximate surface area is 203 Å². The number of carbonyl (C=O) groups is 2. The molecule has 6 atom stereocenters. The summed E-state index contributed by atoms with van der Waals surface area (Å²) in [5.41, 5.74) is 0.514. The van der Waals surface area contributed by atoms with Gasteiger partial charge in [0.1, 0.15) is 18.0 Å². The van der Waals surface area contributed by atoms with Gasteiger partial charge in [-0.3, -0.25) is 14.6 Å². The zero-order chi connectivity index (χ0) is 24.3. The van der Waals surface area contributed by atoms with Crippen molar-refractivity contribution in [1.82, 2.24) is 15.6 Å². The Morgan fingerprint density at radius 2 is 2.03 bits per heavy atom. The Hall–Kier alpha value is -3.21. The summed E-state index contributed by atoms with van der Waals surface area (Å²) >= 11 is 0. The first-order valence-electron chi connectivity index (χ1n) is 12.5. The molecular weight excluding hydrogens is 447 g/mol. The molecule has 8 heteroatoms. The van der Waals surface area contributed by atoms with Gasteiger partial charge in [-0.1, -0.05) is 6.92 Å².